The van der Waals surface area contributed by atoms with Crippen molar-refractivity contribution >= 4 is 65.4 Å². The maximum Gasteiger partial charge on any atom is 0.241 e. The molecule has 0 bridgehead atoms. The Kier molecular flexibility index (Phi) is 5.54. The van der Waals surface area contributed by atoms with Gasteiger partial charge in [-0.15, -0.1) is 0 Å². The fraction of sp³-hybridized carbons (Fsp3) is 0. The molecule has 0 amide bonds. The van der Waals surface area contributed by atoms with Crippen LogP contribution in [0.1, 0.15) is 11.1 Å². The van der Waals surface area contributed by atoms with Crippen LogP contribution in [-0.2, 0) is 0 Å². The molecule has 0 aliphatic rings. The Morgan fingerprint density at radius 2 is 0.633 bits per heavy atom. The van der Waals surface area contributed by atoms with E-state index in [1.807, 2.05) is 77.4 Å². The summed E-state index contributed by atoms with van der Waals surface area (Å²) in [5.74, 6) is 1.35. The van der Waals surface area contributed by atoms with Gasteiger partial charge in [-0.1, -0.05) is 72.8 Å². The van der Waals surface area contributed by atoms with Crippen LogP contribution < -0.4 is 0 Å². The van der Waals surface area contributed by atoms with Crippen LogP contribution in [-0.4, -0.2) is 28.7 Å². The molecule has 0 saturated heterocycles. The van der Waals surface area contributed by atoms with Crippen LogP contribution in [0.25, 0.3) is 83.3 Å². The highest BCUT2D eigenvalue weighted by atomic mass is 15.3. The second-order valence-corrected chi connectivity index (χ2v) is 12.0. The number of nitriles is 2. The summed E-state index contributed by atoms with van der Waals surface area (Å²) in [5.41, 5.74) is 6.61. The first-order valence-corrected chi connectivity index (χ1v) is 15.8. The number of para-hydroxylation sites is 4. The lowest BCUT2D eigenvalue weighted by atomic mass is 10.1. The zero-order valence-corrected chi connectivity index (χ0v) is 25.8. The number of fused-ring (bicyclic) bond motifs is 9. The van der Waals surface area contributed by atoms with Crippen molar-refractivity contribution in [2.75, 3.05) is 0 Å². The van der Waals surface area contributed by atoms with Gasteiger partial charge in [-0.3, -0.25) is 13.7 Å². The molecule has 0 saturated carbocycles. The van der Waals surface area contributed by atoms with E-state index in [2.05, 4.69) is 69.8 Å². The third-order valence-electron chi connectivity index (χ3n) is 9.38. The molecule has 8 heteroatoms. The molecule has 0 spiro atoms. The largest absolute Gasteiger partial charge is 0.278 e. The van der Waals surface area contributed by atoms with Gasteiger partial charge in [0.1, 0.15) is 0 Å². The minimum absolute atomic E-state index is 0.415. The van der Waals surface area contributed by atoms with Crippen molar-refractivity contribution in [3.63, 3.8) is 0 Å². The standard InChI is InChI=1S/C41H22N8/c42-23-25-17-19-37-31(21-25)32-22-26(24-43)18-20-38(32)49(37)41-45-39(47-33-13-5-1-9-27(33)28-10-2-6-14-34(28)47)44-40(46-41)48-35-15-7-3-11-29(35)30-12-4-8-16-36(30)48/h1-22H. The van der Waals surface area contributed by atoms with Crippen molar-refractivity contribution in [3.05, 3.63) is 145 Å². The van der Waals surface area contributed by atoms with Crippen LogP contribution in [0, 0.1) is 22.7 Å². The van der Waals surface area contributed by atoms with Gasteiger partial charge in [-0.2, -0.15) is 25.5 Å². The molecule has 226 valence electrons. The molecule has 4 aromatic heterocycles. The van der Waals surface area contributed by atoms with Crippen molar-refractivity contribution in [2.24, 2.45) is 0 Å². The third-order valence-corrected chi connectivity index (χ3v) is 9.38. The Morgan fingerprint density at radius 1 is 0.347 bits per heavy atom. The molecule has 6 aromatic carbocycles. The molecule has 0 fully saturated rings. The number of aromatic nitrogens is 6. The number of rotatable bonds is 3. The van der Waals surface area contributed by atoms with E-state index in [1.54, 1.807) is 12.1 Å². The van der Waals surface area contributed by atoms with E-state index >= 15 is 0 Å². The van der Waals surface area contributed by atoms with Crippen LogP contribution in [0.3, 0.4) is 0 Å². The fourth-order valence-electron chi connectivity index (χ4n) is 7.30. The number of hydrogen-bond donors (Lipinski definition) is 0. The first-order valence-electron chi connectivity index (χ1n) is 15.8. The molecular weight excluding hydrogens is 605 g/mol. The first-order chi connectivity index (χ1) is 24.2. The summed E-state index contributed by atoms with van der Waals surface area (Å²) in [6, 6.07) is 48.8. The van der Waals surface area contributed by atoms with Crippen LogP contribution in [0.4, 0.5) is 0 Å². The third kappa shape index (κ3) is 3.80. The average Bonchev–Trinajstić information content (AvgIpc) is 3.80. The predicted molar refractivity (Wildman–Crippen MR) is 192 cm³/mol. The molecule has 0 atom stereocenters. The van der Waals surface area contributed by atoms with Crippen molar-refractivity contribution in [2.45, 2.75) is 0 Å². The Labute approximate surface area is 278 Å². The molecular formula is C41H22N8. The highest BCUT2D eigenvalue weighted by molar-refractivity contribution is 6.11. The van der Waals surface area contributed by atoms with Gasteiger partial charge in [-0.25, -0.2) is 0 Å². The van der Waals surface area contributed by atoms with Gasteiger partial charge >= 0.3 is 0 Å². The normalized spacial score (nSPS) is 11.6. The maximum atomic E-state index is 9.78. The highest BCUT2D eigenvalue weighted by Gasteiger charge is 2.22. The van der Waals surface area contributed by atoms with E-state index in [-0.39, 0.29) is 0 Å². The van der Waals surface area contributed by atoms with E-state index in [1.165, 1.54) is 0 Å². The lowest BCUT2D eigenvalue weighted by molar-refractivity contribution is 0.848. The van der Waals surface area contributed by atoms with Crippen molar-refractivity contribution < 1.29 is 0 Å². The van der Waals surface area contributed by atoms with E-state index in [0.29, 0.717) is 29.0 Å². The van der Waals surface area contributed by atoms with E-state index in [9.17, 15) is 10.5 Å². The molecule has 4 heterocycles. The van der Waals surface area contributed by atoms with Crippen LogP contribution in [0.2, 0.25) is 0 Å². The van der Waals surface area contributed by atoms with Crippen molar-refractivity contribution in [1.82, 2.24) is 28.7 Å². The zero-order valence-electron chi connectivity index (χ0n) is 25.8. The Balaban J connectivity index is 1.38. The minimum atomic E-state index is 0.415. The minimum Gasteiger partial charge on any atom is -0.278 e. The summed E-state index contributed by atoms with van der Waals surface area (Å²) in [6.07, 6.45) is 0. The molecule has 49 heavy (non-hydrogen) atoms. The lowest BCUT2D eigenvalue weighted by Crippen LogP contribution is -2.13. The first kappa shape index (κ1) is 26.9. The Morgan fingerprint density at radius 3 is 0.939 bits per heavy atom. The predicted octanol–water partition coefficient (Wildman–Crippen LogP) is 8.91. The van der Waals surface area contributed by atoms with Gasteiger partial charge in [-0.05, 0) is 60.7 Å². The molecule has 0 unspecified atom stereocenters. The zero-order chi connectivity index (χ0) is 32.6. The molecule has 0 radical (unpaired) electrons. The van der Waals surface area contributed by atoms with Gasteiger partial charge in [0.15, 0.2) is 0 Å². The molecule has 10 aromatic rings. The molecule has 8 nitrogen and oxygen atoms in total. The number of hydrogen-bond acceptors (Lipinski definition) is 5. The van der Waals surface area contributed by atoms with Gasteiger partial charge in [0.05, 0.1) is 56.4 Å². The van der Waals surface area contributed by atoms with Gasteiger partial charge in [0.25, 0.3) is 0 Å². The molecule has 10 rings (SSSR count). The van der Waals surface area contributed by atoms with E-state index < -0.39 is 0 Å². The number of benzene rings is 6. The summed E-state index contributed by atoms with van der Waals surface area (Å²) in [6.45, 7) is 0. The summed E-state index contributed by atoms with van der Waals surface area (Å²) in [5, 5.41) is 25.6. The van der Waals surface area contributed by atoms with Crippen molar-refractivity contribution in [3.8, 4) is 30.0 Å². The van der Waals surface area contributed by atoms with Gasteiger partial charge in [0.2, 0.25) is 17.8 Å². The lowest BCUT2D eigenvalue weighted by Gasteiger charge is -2.14. The average molecular weight is 627 g/mol. The summed E-state index contributed by atoms with van der Waals surface area (Å²) >= 11 is 0. The fourth-order valence-corrected chi connectivity index (χ4v) is 7.30. The van der Waals surface area contributed by atoms with E-state index in [4.69, 9.17) is 15.0 Å². The quantitative estimate of drug-likeness (QED) is 0.195. The van der Waals surface area contributed by atoms with Crippen molar-refractivity contribution in [1.29, 1.82) is 10.5 Å². The van der Waals surface area contributed by atoms with Crippen LogP contribution in [0.15, 0.2) is 133 Å². The summed E-state index contributed by atoms with van der Waals surface area (Å²) < 4.78 is 6.20. The smallest absolute Gasteiger partial charge is 0.241 e. The van der Waals surface area contributed by atoms with Crippen LogP contribution >= 0.6 is 0 Å². The topological polar surface area (TPSA) is 101 Å². The molecule has 0 aliphatic carbocycles. The maximum absolute atomic E-state index is 9.78. The Hall–Kier alpha value is -7.29. The monoisotopic (exact) mass is 626 g/mol. The molecule has 0 aliphatic heterocycles. The van der Waals surface area contributed by atoms with Gasteiger partial charge < -0.3 is 0 Å². The van der Waals surface area contributed by atoms with E-state index in [0.717, 1.165) is 65.4 Å². The summed E-state index contributed by atoms with van der Waals surface area (Å²) in [7, 11) is 0. The second kappa shape index (κ2) is 10.1. The number of nitrogens with zero attached hydrogens (tertiary/aromatic N) is 8. The highest BCUT2D eigenvalue weighted by Crippen LogP contribution is 2.36. The van der Waals surface area contributed by atoms with Gasteiger partial charge in [0, 0.05) is 32.3 Å². The summed E-state index contributed by atoms with van der Waals surface area (Å²) in [4.78, 5) is 15.7. The SMILES string of the molecule is N#Cc1ccc2c(c1)c1cc(C#N)ccc1n2-c1nc(-n2c3ccccc3c3ccccc32)nc(-n2c3ccccc3c3ccccc32)n1. The Bertz CT molecular complexity index is 2780. The molecule has 0 N–H and O–H groups in total. The van der Waals surface area contributed by atoms with Crippen LogP contribution in [0.5, 0.6) is 0 Å². The second-order valence-electron chi connectivity index (χ2n) is 12.0.